The van der Waals surface area contributed by atoms with Crippen LogP contribution < -0.4 is 5.32 Å². The van der Waals surface area contributed by atoms with E-state index in [1.54, 1.807) is 0 Å². The third kappa shape index (κ3) is 4.81. The molecule has 6 nitrogen and oxygen atoms in total. The number of nitrogens with zero attached hydrogens (tertiary/aromatic N) is 3. The highest BCUT2D eigenvalue weighted by molar-refractivity contribution is 9.10. The zero-order chi connectivity index (χ0) is 17.0. The van der Waals surface area contributed by atoms with E-state index in [0.717, 1.165) is 24.1 Å². The van der Waals surface area contributed by atoms with Gasteiger partial charge in [0, 0.05) is 49.4 Å². The number of rotatable bonds is 5. The number of halogens is 1. The molecule has 2 amide bonds. The van der Waals surface area contributed by atoms with Gasteiger partial charge in [-0.2, -0.15) is 0 Å². The Balaban J connectivity index is 1.88. The Bertz CT molecular complexity index is 562. The predicted molar refractivity (Wildman–Crippen MR) is 93.4 cm³/mol. The molecular formula is C16H25BrN4O2. The second kappa shape index (κ2) is 7.97. The van der Waals surface area contributed by atoms with Gasteiger partial charge in [0.05, 0.1) is 6.54 Å². The van der Waals surface area contributed by atoms with Crippen molar-refractivity contribution < 1.29 is 9.59 Å². The number of aromatic nitrogens is 1. The zero-order valence-corrected chi connectivity index (χ0v) is 15.6. The molecule has 0 saturated carbocycles. The van der Waals surface area contributed by atoms with Crippen molar-refractivity contribution in [2.45, 2.75) is 33.4 Å². The van der Waals surface area contributed by atoms with Gasteiger partial charge in [-0.15, -0.1) is 0 Å². The van der Waals surface area contributed by atoms with E-state index in [2.05, 4.69) is 26.1 Å². The van der Waals surface area contributed by atoms with Crippen LogP contribution in [0.25, 0.3) is 0 Å². The lowest BCUT2D eigenvalue weighted by molar-refractivity contribution is -0.123. The van der Waals surface area contributed by atoms with Crippen LogP contribution in [0.4, 0.5) is 0 Å². The van der Waals surface area contributed by atoms with Crippen LogP contribution in [0, 0.1) is 0 Å². The van der Waals surface area contributed by atoms with Crippen LogP contribution >= 0.6 is 15.9 Å². The molecule has 0 atom stereocenters. The molecule has 2 heterocycles. The van der Waals surface area contributed by atoms with Crippen LogP contribution in [0.5, 0.6) is 0 Å². The number of carbonyl (C=O) groups is 2. The SMILES string of the molecule is CCn1cc(Br)cc1C(=O)N1CCN(CC(=O)NC(C)C)CC1. The molecule has 1 N–H and O–H groups in total. The van der Waals surface area contributed by atoms with Gasteiger partial charge < -0.3 is 14.8 Å². The van der Waals surface area contributed by atoms with Crippen molar-refractivity contribution in [1.82, 2.24) is 19.7 Å². The van der Waals surface area contributed by atoms with Crippen LogP contribution in [0.3, 0.4) is 0 Å². The second-order valence-electron chi connectivity index (χ2n) is 6.12. The van der Waals surface area contributed by atoms with E-state index in [9.17, 15) is 9.59 Å². The molecule has 1 aromatic rings. The van der Waals surface area contributed by atoms with Gasteiger partial charge in [-0.05, 0) is 42.8 Å². The van der Waals surface area contributed by atoms with Gasteiger partial charge in [-0.25, -0.2) is 0 Å². The average molecular weight is 385 g/mol. The van der Waals surface area contributed by atoms with Crippen LogP contribution in [0.2, 0.25) is 0 Å². The van der Waals surface area contributed by atoms with Crippen molar-refractivity contribution >= 4 is 27.7 Å². The van der Waals surface area contributed by atoms with Gasteiger partial charge in [0.2, 0.25) is 5.91 Å². The molecule has 1 saturated heterocycles. The maximum absolute atomic E-state index is 12.7. The third-order valence-corrected chi connectivity index (χ3v) is 4.33. The van der Waals surface area contributed by atoms with Gasteiger partial charge in [0.1, 0.15) is 5.69 Å². The van der Waals surface area contributed by atoms with E-state index in [-0.39, 0.29) is 17.9 Å². The number of hydrogen-bond donors (Lipinski definition) is 1. The Hall–Kier alpha value is -1.34. The number of hydrogen-bond acceptors (Lipinski definition) is 3. The van der Waals surface area contributed by atoms with Crippen molar-refractivity contribution in [3.8, 4) is 0 Å². The van der Waals surface area contributed by atoms with Crippen molar-refractivity contribution in [2.75, 3.05) is 32.7 Å². The average Bonchev–Trinajstić information content (AvgIpc) is 2.87. The van der Waals surface area contributed by atoms with E-state index in [0.29, 0.717) is 25.3 Å². The molecule has 1 fully saturated rings. The van der Waals surface area contributed by atoms with Crippen LogP contribution in [-0.2, 0) is 11.3 Å². The van der Waals surface area contributed by atoms with Crippen LogP contribution in [0.15, 0.2) is 16.7 Å². The largest absolute Gasteiger partial charge is 0.353 e. The molecule has 0 aliphatic carbocycles. The summed E-state index contributed by atoms with van der Waals surface area (Å²) < 4.78 is 2.88. The van der Waals surface area contributed by atoms with Crippen LogP contribution in [0.1, 0.15) is 31.3 Å². The first-order valence-electron chi connectivity index (χ1n) is 8.07. The molecule has 1 aliphatic rings. The van der Waals surface area contributed by atoms with Gasteiger partial charge in [-0.3, -0.25) is 14.5 Å². The molecule has 0 aromatic carbocycles. The predicted octanol–water partition coefficient (Wildman–Crippen LogP) is 1.55. The lowest BCUT2D eigenvalue weighted by Crippen LogP contribution is -2.51. The van der Waals surface area contributed by atoms with Crippen molar-refractivity contribution in [2.24, 2.45) is 0 Å². The lowest BCUT2D eigenvalue weighted by atomic mass is 10.2. The van der Waals surface area contributed by atoms with Gasteiger partial charge in [0.25, 0.3) is 5.91 Å². The Labute approximate surface area is 145 Å². The summed E-state index contributed by atoms with van der Waals surface area (Å²) in [5, 5.41) is 2.90. The zero-order valence-electron chi connectivity index (χ0n) is 14.0. The maximum atomic E-state index is 12.7. The Morgan fingerprint density at radius 1 is 1.26 bits per heavy atom. The summed E-state index contributed by atoms with van der Waals surface area (Å²) in [7, 11) is 0. The van der Waals surface area contributed by atoms with Crippen molar-refractivity contribution in [3.05, 3.63) is 22.4 Å². The highest BCUT2D eigenvalue weighted by Gasteiger charge is 2.25. The Kier molecular flexibility index (Phi) is 6.24. The van der Waals surface area contributed by atoms with Gasteiger partial charge >= 0.3 is 0 Å². The first-order chi connectivity index (χ1) is 10.9. The molecule has 0 radical (unpaired) electrons. The number of nitrogens with one attached hydrogen (secondary N) is 1. The van der Waals surface area contributed by atoms with Crippen molar-refractivity contribution in [3.63, 3.8) is 0 Å². The topological polar surface area (TPSA) is 57.6 Å². The first kappa shape index (κ1) is 18.0. The van der Waals surface area contributed by atoms with E-state index in [1.807, 2.05) is 42.5 Å². The van der Waals surface area contributed by atoms with E-state index in [4.69, 9.17) is 0 Å². The second-order valence-corrected chi connectivity index (χ2v) is 7.04. The smallest absolute Gasteiger partial charge is 0.270 e. The molecule has 0 spiro atoms. The van der Waals surface area contributed by atoms with Gasteiger partial charge in [0.15, 0.2) is 0 Å². The van der Waals surface area contributed by atoms with E-state index < -0.39 is 0 Å². The van der Waals surface area contributed by atoms with Crippen molar-refractivity contribution in [1.29, 1.82) is 0 Å². The minimum Gasteiger partial charge on any atom is -0.353 e. The summed E-state index contributed by atoms with van der Waals surface area (Å²) in [6.07, 6.45) is 1.93. The summed E-state index contributed by atoms with van der Waals surface area (Å²) in [5.74, 6) is 0.104. The molecule has 7 heteroatoms. The lowest BCUT2D eigenvalue weighted by Gasteiger charge is -2.34. The molecular weight excluding hydrogens is 360 g/mol. The van der Waals surface area contributed by atoms with E-state index >= 15 is 0 Å². The van der Waals surface area contributed by atoms with Gasteiger partial charge in [-0.1, -0.05) is 0 Å². The number of aryl methyl sites for hydroxylation is 1. The first-order valence-corrected chi connectivity index (χ1v) is 8.86. The Morgan fingerprint density at radius 2 is 1.91 bits per heavy atom. The fourth-order valence-corrected chi connectivity index (χ4v) is 3.22. The van der Waals surface area contributed by atoms with E-state index in [1.165, 1.54) is 0 Å². The quantitative estimate of drug-likeness (QED) is 0.837. The molecule has 1 aromatic heterocycles. The highest BCUT2D eigenvalue weighted by atomic mass is 79.9. The number of piperazine rings is 1. The summed E-state index contributed by atoms with van der Waals surface area (Å²) in [6, 6.07) is 2.03. The molecule has 128 valence electrons. The summed E-state index contributed by atoms with van der Waals surface area (Å²) in [6.45, 7) is 9.86. The molecule has 1 aliphatic heterocycles. The number of amides is 2. The third-order valence-electron chi connectivity index (χ3n) is 3.90. The normalized spacial score (nSPS) is 16.0. The summed E-state index contributed by atoms with van der Waals surface area (Å²) >= 11 is 3.43. The minimum atomic E-state index is 0.0450. The monoisotopic (exact) mass is 384 g/mol. The molecule has 0 unspecified atom stereocenters. The fourth-order valence-electron chi connectivity index (χ4n) is 2.76. The highest BCUT2D eigenvalue weighted by Crippen LogP contribution is 2.17. The minimum absolute atomic E-state index is 0.0450. The molecule has 23 heavy (non-hydrogen) atoms. The summed E-state index contributed by atoms with van der Waals surface area (Å²) in [5.41, 5.74) is 0.713. The maximum Gasteiger partial charge on any atom is 0.270 e. The summed E-state index contributed by atoms with van der Waals surface area (Å²) in [4.78, 5) is 28.4. The Morgan fingerprint density at radius 3 is 2.48 bits per heavy atom. The molecule has 2 rings (SSSR count). The fraction of sp³-hybridized carbons (Fsp3) is 0.625. The number of carbonyl (C=O) groups excluding carboxylic acids is 2. The molecule has 0 bridgehead atoms. The van der Waals surface area contributed by atoms with Crippen LogP contribution in [-0.4, -0.2) is 64.9 Å². The standard InChI is InChI=1S/C16H25BrN4O2/c1-4-20-10-13(17)9-14(20)16(23)21-7-5-19(6-8-21)11-15(22)18-12(2)3/h9-10,12H,4-8,11H2,1-3H3,(H,18,22).